The third-order valence-corrected chi connectivity index (χ3v) is 9.21. The highest BCUT2D eigenvalue weighted by molar-refractivity contribution is 8.01. The number of anilines is 1. The first-order valence-corrected chi connectivity index (χ1v) is 14.1. The molecule has 0 aliphatic heterocycles. The minimum Gasteiger partial charge on any atom is -0.481 e. The van der Waals surface area contributed by atoms with Gasteiger partial charge in [-0.2, -0.15) is 0 Å². The molecule has 0 saturated heterocycles. The maximum atomic E-state index is 13.3. The summed E-state index contributed by atoms with van der Waals surface area (Å²) in [6, 6.07) is 7.56. The van der Waals surface area contributed by atoms with E-state index in [0.29, 0.717) is 41.6 Å². The highest BCUT2D eigenvalue weighted by atomic mass is 35.5. The zero-order valence-corrected chi connectivity index (χ0v) is 22.8. The number of nitrogens with zero attached hydrogens (tertiary/aromatic N) is 2. The molecular weight excluding hydrogens is 506 g/mol. The third kappa shape index (κ3) is 8.10. The Morgan fingerprint density at radius 1 is 1.31 bits per heavy atom. The zero-order chi connectivity index (χ0) is 25.4. The number of carboxylic acid groups (broad SMARTS) is 1. The van der Waals surface area contributed by atoms with E-state index >= 15 is 0 Å². The van der Waals surface area contributed by atoms with Gasteiger partial charge in [0.1, 0.15) is 0 Å². The van der Waals surface area contributed by atoms with E-state index in [1.807, 2.05) is 29.2 Å². The molecule has 0 radical (unpaired) electrons. The lowest BCUT2D eigenvalue weighted by molar-refractivity contribution is -0.145. The summed E-state index contributed by atoms with van der Waals surface area (Å²) in [6.45, 7) is 6.88. The molecule has 2 amide bonds. The average molecular weight is 540 g/mol. The number of carbonyl (C=O) groups is 2. The average Bonchev–Trinajstić information content (AvgIpc) is 3.27. The standard InChI is InChI=1S/C25H34ClN3O4S2/c1-17-8-4-7-11-20(17)29(12-13-33-15-18-9-5-6-10-19(18)26)24(32)28-23-27-14-21(35-23)34-16-25(2,3)22(30)31/h5-6,9-10,14,17,20H,4,7-8,11-13,15-16H2,1-3H3,(H,30,31)(H,27,28,32)/t17-,20-/m1/s1. The summed E-state index contributed by atoms with van der Waals surface area (Å²) in [5, 5.41) is 13.5. The predicted octanol–water partition coefficient (Wildman–Crippen LogP) is 6.63. The Kier molecular flexibility index (Phi) is 10.3. The van der Waals surface area contributed by atoms with Crippen molar-refractivity contribution in [2.45, 2.75) is 63.3 Å². The van der Waals surface area contributed by atoms with Crippen molar-refractivity contribution in [3.8, 4) is 0 Å². The van der Waals surface area contributed by atoms with Crippen molar-refractivity contribution in [3.05, 3.63) is 41.0 Å². The molecule has 1 heterocycles. The number of amides is 2. The fourth-order valence-electron chi connectivity index (χ4n) is 4.00. The van der Waals surface area contributed by atoms with Crippen molar-refractivity contribution in [1.29, 1.82) is 0 Å². The van der Waals surface area contributed by atoms with E-state index in [0.717, 1.165) is 29.0 Å². The second kappa shape index (κ2) is 12.9. The maximum absolute atomic E-state index is 13.3. The number of urea groups is 1. The highest BCUT2D eigenvalue weighted by Gasteiger charge is 2.31. The van der Waals surface area contributed by atoms with Crippen LogP contribution in [0.25, 0.3) is 0 Å². The van der Waals surface area contributed by atoms with Crippen LogP contribution in [-0.4, -0.2) is 51.9 Å². The molecular formula is C25H34ClN3O4S2. The Hall–Kier alpha value is -1.81. The van der Waals surface area contributed by atoms with Crippen LogP contribution in [0.15, 0.2) is 34.7 Å². The first kappa shape index (κ1) is 27.8. The lowest BCUT2D eigenvalue weighted by Crippen LogP contribution is -2.48. The Morgan fingerprint density at radius 3 is 2.77 bits per heavy atom. The van der Waals surface area contributed by atoms with Gasteiger partial charge in [0, 0.05) is 23.4 Å². The highest BCUT2D eigenvalue weighted by Crippen LogP contribution is 2.34. The molecule has 1 saturated carbocycles. The van der Waals surface area contributed by atoms with Crippen LogP contribution in [0.1, 0.15) is 52.0 Å². The first-order valence-electron chi connectivity index (χ1n) is 11.9. The number of halogens is 1. The topological polar surface area (TPSA) is 91.8 Å². The smallest absolute Gasteiger partial charge is 0.323 e. The summed E-state index contributed by atoms with van der Waals surface area (Å²) in [5.74, 6) is 0.00243. The molecule has 1 aromatic heterocycles. The fraction of sp³-hybridized carbons (Fsp3) is 0.560. The lowest BCUT2D eigenvalue weighted by atomic mass is 9.85. The van der Waals surface area contributed by atoms with Crippen LogP contribution in [0, 0.1) is 11.3 Å². The second-order valence-electron chi connectivity index (χ2n) is 9.56. The van der Waals surface area contributed by atoms with E-state index in [-0.39, 0.29) is 12.1 Å². The molecule has 1 fully saturated rings. The van der Waals surface area contributed by atoms with Gasteiger partial charge >= 0.3 is 12.0 Å². The van der Waals surface area contributed by atoms with E-state index in [1.54, 1.807) is 20.0 Å². The lowest BCUT2D eigenvalue weighted by Gasteiger charge is -2.38. The molecule has 0 unspecified atom stereocenters. The number of benzene rings is 1. The Morgan fingerprint density at radius 2 is 2.06 bits per heavy atom. The second-order valence-corrected chi connectivity index (χ2v) is 12.3. The molecule has 10 heteroatoms. The van der Waals surface area contributed by atoms with Gasteiger partial charge in [0.2, 0.25) is 0 Å². The van der Waals surface area contributed by atoms with E-state index in [4.69, 9.17) is 16.3 Å². The van der Waals surface area contributed by atoms with Gasteiger partial charge in [-0.15, -0.1) is 11.8 Å². The maximum Gasteiger partial charge on any atom is 0.323 e. The number of hydrogen-bond acceptors (Lipinski definition) is 6. The van der Waals surface area contributed by atoms with Gasteiger partial charge in [-0.1, -0.05) is 60.9 Å². The van der Waals surface area contributed by atoms with E-state index in [2.05, 4.69) is 17.2 Å². The molecule has 7 nitrogen and oxygen atoms in total. The van der Waals surface area contributed by atoms with Crippen LogP contribution in [0.4, 0.5) is 9.93 Å². The number of thioether (sulfide) groups is 1. The molecule has 2 aromatic rings. The number of thiazole rings is 1. The fourth-order valence-corrected chi connectivity index (χ4v) is 6.13. The van der Waals surface area contributed by atoms with Gasteiger partial charge < -0.3 is 14.7 Å². The van der Waals surface area contributed by atoms with Crippen LogP contribution >= 0.6 is 34.7 Å². The van der Waals surface area contributed by atoms with Gasteiger partial charge in [0.05, 0.1) is 29.0 Å². The van der Waals surface area contributed by atoms with Crippen molar-refractivity contribution in [2.24, 2.45) is 11.3 Å². The van der Waals surface area contributed by atoms with E-state index in [9.17, 15) is 14.7 Å². The third-order valence-electron chi connectivity index (χ3n) is 6.27. The van der Waals surface area contributed by atoms with Gasteiger partial charge in [-0.05, 0) is 44.2 Å². The largest absolute Gasteiger partial charge is 0.481 e. The molecule has 1 aliphatic rings. The minimum absolute atomic E-state index is 0.151. The van der Waals surface area contributed by atoms with Gasteiger partial charge in [-0.25, -0.2) is 9.78 Å². The summed E-state index contributed by atoms with van der Waals surface area (Å²) >= 11 is 9.02. The number of hydrogen-bond donors (Lipinski definition) is 2. The monoisotopic (exact) mass is 539 g/mol. The molecule has 2 N–H and O–H groups in total. The number of carboxylic acids is 1. The van der Waals surface area contributed by atoms with Crippen LogP contribution in [0.2, 0.25) is 5.02 Å². The minimum atomic E-state index is -0.837. The molecule has 1 aromatic carbocycles. The van der Waals surface area contributed by atoms with Crippen molar-refractivity contribution >= 4 is 51.8 Å². The quantitative estimate of drug-likeness (QED) is 0.246. The molecule has 3 rings (SSSR count). The summed E-state index contributed by atoms with van der Waals surface area (Å²) < 4.78 is 6.74. The SMILES string of the molecule is C[C@@H]1CCCC[C@H]1N(CCOCc1ccccc1Cl)C(=O)Nc1ncc(SCC(C)(C)C(=O)O)s1. The molecule has 0 bridgehead atoms. The van der Waals surface area contributed by atoms with Crippen molar-refractivity contribution < 1.29 is 19.4 Å². The van der Waals surface area contributed by atoms with Gasteiger partial charge in [0.25, 0.3) is 0 Å². The Bertz CT molecular complexity index is 1000. The first-order chi connectivity index (χ1) is 16.7. The van der Waals surface area contributed by atoms with E-state index < -0.39 is 11.4 Å². The van der Waals surface area contributed by atoms with Crippen molar-refractivity contribution in [1.82, 2.24) is 9.88 Å². The van der Waals surface area contributed by atoms with Crippen molar-refractivity contribution in [2.75, 3.05) is 24.2 Å². The predicted molar refractivity (Wildman–Crippen MR) is 143 cm³/mol. The summed E-state index contributed by atoms with van der Waals surface area (Å²) in [5.41, 5.74) is 0.0887. The van der Waals surface area contributed by atoms with Crippen LogP contribution in [0.5, 0.6) is 0 Å². The molecule has 192 valence electrons. The van der Waals surface area contributed by atoms with Crippen LogP contribution in [-0.2, 0) is 16.1 Å². The van der Waals surface area contributed by atoms with Gasteiger partial charge in [-0.3, -0.25) is 10.1 Å². The summed E-state index contributed by atoms with van der Waals surface area (Å²) in [6.07, 6.45) is 6.06. The van der Waals surface area contributed by atoms with Crippen LogP contribution in [0.3, 0.4) is 0 Å². The molecule has 2 atom stereocenters. The van der Waals surface area contributed by atoms with Crippen molar-refractivity contribution in [3.63, 3.8) is 0 Å². The number of aromatic nitrogens is 1. The zero-order valence-electron chi connectivity index (χ0n) is 20.5. The van der Waals surface area contributed by atoms with E-state index in [1.165, 1.54) is 29.5 Å². The normalized spacial score (nSPS) is 18.3. The number of carbonyl (C=O) groups excluding carboxylic acids is 1. The van der Waals surface area contributed by atoms with Gasteiger partial charge in [0.15, 0.2) is 5.13 Å². The molecule has 1 aliphatic carbocycles. The Labute approximate surface area is 220 Å². The summed E-state index contributed by atoms with van der Waals surface area (Å²) in [7, 11) is 0. The molecule has 0 spiro atoms. The number of aliphatic carboxylic acids is 1. The number of rotatable bonds is 11. The van der Waals surface area contributed by atoms with Crippen LogP contribution < -0.4 is 5.32 Å². The Balaban J connectivity index is 1.59. The summed E-state index contributed by atoms with van der Waals surface area (Å²) in [4.78, 5) is 30.9. The number of ether oxygens (including phenoxy) is 1. The number of nitrogens with one attached hydrogen (secondary N) is 1. The molecule has 35 heavy (non-hydrogen) atoms.